The average Bonchev–Trinajstić information content (AvgIpc) is 3.08. The van der Waals surface area contributed by atoms with Crippen LogP contribution in [0.5, 0.6) is 0 Å². The van der Waals surface area contributed by atoms with E-state index in [9.17, 15) is 9.59 Å². The van der Waals surface area contributed by atoms with Crippen LogP contribution in [-0.4, -0.2) is 45.8 Å². The van der Waals surface area contributed by atoms with Gasteiger partial charge in [0.1, 0.15) is 6.54 Å². The number of unbranched alkanes of at least 4 members (excludes halogenated alkanes) is 1. The van der Waals surface area contributed by atoms with E-state index < -0.39 is 0 Å². The molecule has 0 atom stereocenters. The minimum absolute atomic E-state index is 0.000705. The fourth-order valence-electron chi connectivity index (χ4n) is 3.30. The summed E-state index contributed by atoms with van der Waals surface area (Å²) in [5.74, 6) is 0.205. The molecular weight excluding hydrogens is 362 g/mol. The number of hydrogen-bond acceptors (Lipinski definition) is 2. The zero-order valence-electron chi connectivity index (χ0n) is 18.5. The Balaban J connectivity index is 2.17. The molecule has 2 amide bonds. The second-order valence-electron chi connectivity index (χ2n) is 8.22. The maximum atomic E-state index is 13.2. The Hall–Kier alpha value is -2.56. The lowest BCUT2D eigenvalue weighted by Crippen LogP contribution is -2.44. The van der Waals surface area contributed by atoms with Gasteiger partial charge in [-0.05, 0) is 43.5 Å². The third-order valence-electron chi connectivity index (χ3n) is 5.04. The lowest BCUT2D eigenvalue weighted by molar-refractivity contribution is -0.132. The second kappa shape index (κ2) is 10.8. The van der Waals surface area contributed by atoms with Crippen LogP contribution in [0.2, 0.25) is 0 Å². The summed E-state index contributed by atoms with van der Waals surface area (Å²) in [6.45, 7) is 10.2. The molecule has 2 rings (SSSR count). The Morgan fingerprint density at radius 1 is 1.07 bits per heavy atom. The summed E-state index contributed by atoms with van der Waals surface area (Å²) in [6.07, 6.45) is 3.96. The van der Waals surface area contributed by atoms with Crippen molar-refractivity contribution in [3.05, 3.63) is 59.4 Å². The summed E-state index contributed by atoms with van der Waals surface area (Å²) < 4.78 is 2.04. The van der Waals surface area contributed by atoms with Crippen molar-refractivity contribution in [3.63, 3.8) is 0 Å². The standard InChI is InChI=1S/C24H35N3O2/c1-6-7-15-26(17-22-9-8-14-25(22)5)23(28)18-27(16-19(2)3)24(29)21-12-10-20(4)11-13-21/h8-14,19H,6-7,15-18H2,1-5H3. The number of benzene rings is 1. The normalized spacial score (nSPS) is 11.0. The summed E-state index contributed by atoms with van der Waals surface area (Å²) in [5.41, 5.74) is 2.84. The van der Waals surface area contributed by atoms with Gasteiger partial charge in [-0.25, -0.2) is 0 Å². The van der Waals surface area contributed by atoms with Crippen LogP contribution in [0, 0.1) is 12.8 Å². The van der Waals surface area contributed by atoms with Gasteiger partial charge in [0.2, 0.25) is 5.91 Å². The predicted octanol–water partition coefficient (Wildman–Crippen LogP) is 4.26. The van der Waals surface area contributed by atoms with E-state index >= 15 is 0 Å². The number of rotatable bonds is 10. The van der Waals surface area contributed by atoms with Gasteiger partial charge in [-0.15, -0.1) is 0 Å². The molecule has 29 heavy (non-hydrogen) atoms. The molecule has 0 bridgehead atoms. The van der Waals surface area contributed by atoms with E-state index in [2.05, 4.69) is 20.8 Å². The quantitative estimate of drug-likeness (QED) is 0.601. The highest BCUT2D eigenvalue weighted by Gasteiger charge is 2.23. The molecule has 0 fully saturated rings. The predicted molar refractivity (Wildman–Crippen MR) is 118 cm³/mol. The van der Waals surface area contributed by atoms with E-state index in [0.29, 0.717) is 25.2 Å². The van der Waals surface area contributed by atoms with E-state index in [1.165, 1.54) is 0 Å². The van der Waals surface area contributed by atoms with Crippen LogP contribution in [-0.2, 0) is 18.4 Å². The van der Waals surface area contributed by atoms with E-state index in [-0.39, 0.29) is 24.3 Å². The Morgan fingerprint density at radius 2 is 1.76 bits per heavy atom. The second-order valence-corrected chi connectivity index (χ2v) is 8.22. The fraction of sp³-hybridized carbons (Fsp3) is 0.500. The van der Waals surface area contributed by atoms with Gasteiger partial charge in [-0.2, -0.15) is 0 Å². The van der Waals surface area contributed by atoms with Crippen LogP contribution in [0.15, 0.2) is 42.6 Å². The van der Waals surface area contributed by atoms with Crippen LogP contribution in [0.4, 0.5) is 0 Å². The number of carbonyl (C=O) groups excluding carboxylic acids is 2. The Labute approximate surface area is 175 Å². The smallest absolute Gasteiger partial charge is 0.254 e. The molecule has 0 aliphatic carbocycles. The summed E-state index contributed by atoms with van der Waals surface area (Å²) in [5, 5.41) is 0. The Kier molecular flexibility index (Phi) is 8.50. The molecular formula is C24H35N3O2. The van der Waals surface area contributed by atoms with Crippen molar-refractivity contribution in [2.75, 3.05) is 19.6 Å². The molecule has 158 valence electrons. The van der Waals surface area contributed by atoms with Crippen molar-refractivity contribution in [2.45, 2.75) is 47.1 Å². The monoisotopic (exact) mass is 397 g/mol. The maximum Gasteiger partial charge on any atom is 0.254 e. The van der Waals surface area contributed by atoms with E-state index in [1.54, 1.807) is 4.90 Å². The lowest BCUT2D eigenvalue weighted by Gasteiger charge is -2.29. The van der Waals surface area contributed by atoms with Gasteiger partial charge >= 0.3 is 0 Å². The van der Waals surface area contributed by atoms with Gasteiger partial charge in [0.05, 0.1) is 6.54 Å². The molecule has 0 radical (unpaired) electrons. The molecule has 0 saturated heterocycles. The third-order valence-corrected chi connectivity index (χ3v) is 5.04. The minimum Gasteiger partial charge on any atom is -0.353 e. The van der Waals surface area contributed by atoms with Gasteiger partial charge in [0.15, 0.2) is 0 Å². The first-order valence-corrected chi connectivity index (χ1v) is 10.6. The Morgan fingerprint density at radius 3 is 2.31 bits per heavy atom. The molecule has 0 spiro atoms. The number of hydrogen-bond donors (Lipinski definition) is 0. The SMILES string of the molecule is CCCCN(Cc1cccn1C)C(=O)CN(CC(C)C)C(=O)c1ccc(C)cc1. The summed E-state index contributed by atoms with van der Waals surface area (Å²) in [6, 6.07) is 11.6. The summed E-state index contributed by atoms with van der Waals surface area (Å²) >= 11 is 0. The molecule has 5 nitrogen and oxygen atoms in total. The van der Waals surface area contributed by atoms with Crippen LogP contribution < -0.4 is 0 Å². The molecule has 2 aromatic rings. The molecule has 1 aromatic heterocycles. The molecule has 0 saturated carbocycles. The number of aryl methyl sites for hydroxylation is 2. The molecule has 5 heteroatoms. The van der Waals surface area contributed by atoms with Crippen molar-refractivity contribution >= 4 is 11.8 Å². The van der Waals surface area contributed by atoms with Gasteiger partial charge in [-0.1, -0.05) is 44.9 Å². The summed E-state index contributed by atoms with van der Waals surface area (Å²) in [4.78, 5) is 29.9. The van der Waals surface area contributed by atoms with Crippen molar-refractivity contribution in [1.82, 2.24) is 14.4 Å². The van der Waals surface area contributed by atoms with E-state index in [4.69, 9.17) is 0 Å². The first kappa shape index (κ1) is 22.7. The highest BCUT2D eigenvalue weighted by Crippen LogP contribution is 2.12. The van der Waals surface area contributed by atoms with Crippen LogP contribution >= 0.6 is 0 Å². The third kappa shape index (κ3) is 6.77. The first-order valence-electron chi connectivity index (χ1n) is 10.6. The van der Waals surface area contributed by atoms with Crippen molar-refractivity contribution in [1.29, 1.82) is 0 Å². The number of aromatic nitrogens is 1. The molecule has 1 heterocycles. The average molecular weight is 398 g/mol. The number of carbonyl (C=O) groups is 2. The van der Waals surface area contributed by atoms with Crippen LogP contribution in [0.3, 0.4) is 0 Å². The van der Waals surface area contributed by atoms with Gasteiger partial charge in [-0.3, -0.25) is 9.59 Å². The van der Waals surface area contributed by atoms with Crippen molar-refractivity contribution < 1.29 is 9.59 Å². The highest BCUT2D eigenvalue weighted by atomic mass is 16.2. The highest BCUT2D eigenvalue weighted by molar-refractivity contribution is 5.96. The summed E-state index contributed by atoms with van der Waals surface area (Å²) in [7, 11) is 1.99. The number of nitrogens with zero attached hydrogens (tertiary/aromatic N) is 3. The zero-order chi connectivity index (χ0) is 21.4. The van der Waals surface area contributed by atoms with Gasteiger partial charge in [0.25, 0.3) is 5.91 Å². The lowest BCUT2D eigenvalue weighted by atomic mass is 10.1. The molecule has 1 aromatic carbocycles. The van der Waals surface area contributed by atoms with Crippen LogP contribution in [0.1, 0.15) is 55.2 Å². The molecule has 0 aliphatic heterocycles. The largest absolute Gasteiger partial charge is 0.353 e. The van der Waals surface area contributed by atoms with E-state index in [0.717, 1.165) is 24.1 Å². The van der Waals surface area contributed by atoms with E-state index in [1.807, 2.05) is 66.0 Å². The minimum atomic E-state index is -0.0821. The topological polar surface area (TPSA) is 45.6 Å². The van der Waals surface area contributed by atoms with Gasteiger partial charge < -0.3 is 14.4 Å². The van der Waals surface area contributed by atoms with Gasteiger partial charge in [0, 0.05) is 37.6 Å². The van der Waals surface area contributed by atoms with Crippen molar-refractivity contribution in [3.8, 4) is 0 Å². The van der Waals surface area contributed by atoms with Crippen molar-refractivity contribution in [2.24, 2.45) is 13.0 Å². The number of amides is 2. The molecule has 0 unspecified atom stereocenters. The first-order chi connectivity index (χ1) is 13.8. The zero-order valence-corrected chi connectivity index (χ0v) is 18.5. The molecule has 0 N–H and O–H groups in total. The maximum absolute atomic E-state index is 13.2. The molecule has 0 aliphatic rings. The Bertz CT molecular complexity index is 793. The van der Waals surface area contributed by atoms with Crippen LogP contribution in [0.25, 0.3) is 0 Å². The fourth-order valence-corrected chi connectivity index (χ4v) is 3.30.